The van der Waals surface area contributed by atoms with Gasteiger partial charge in [-0.05, 0) is 31.7 Å². The third-order valence-electron chi connectivity index (χ3n) is 3.09. The fourth-order valence-corrected chi connectivity index (χ4v) is 1.80. The summed E-state index contributed by atoms with van der Waals surface area (Å²) >= 11 is 0. The molecule has 2 rings (SSSR count). The van der Waals surface area contributed by atoms with Crippen LogP contribution in [0.4, 0.5) is 4.79 Å². The fourth-order valence-electron chi connectivity index (χ4n) is 1.80. The molecule has 1 aromatic carbocycles. The van der Waals surface area contributed by atoms with Gasteiger partial charge in [0.15, 0.2) is 0 Å². The first-order chi connectivity index (χ1) is 7.75. The predicted molar refractivity (Wildman–Crippen MR) is 64.2 cm³/mol. The van der Waals surface area contributed by atoms with Crippen molar-refractivity contribution in [1.82, 2.24) is 10.6 Å². The molecule has 3 nitrogen and oxygen atoms in total. The number of benzene rings is 1. The van der Waals surface area contributed by atoms with E-state index in [4.69, 9.17) is 0 Å². The summed E-state index contributed by atoms with van der Waals surface area (Å²) in [4.78, 5) is 11.6. The van der Waals surface area contributed by atoms with Gasteiger partial charge in [0.2, 0.25) is 0 Å². The molecule has 1 fully saturated rings. The van der Waals surface area contributed by atoms with Crippen molar-refractivity contribution in [3.05, 3.63) is 35.9 Å². The molecule has 0 bridgehead atoms. The number of hydrogen-bond donors (Lipinski definition) is 2. The van der Waals surface area contributed by atoms with Crippen LogP contribution in [0.2, 0.25) is 0 Å². The standard InChI is InChI=1S/C13H18N2O/c1-10(11-6-3-2-4-7-11)14-13(16)15-12-8-5-9-12/h2-4,6-7,10,12H,5,8-9H2,1H3,(H2,14,15,16). The first-order valence-corrected chi connectivity index (χ1v) is 5.87. The zero-order chi connectivity index (χ0) is 11.4. The van der Waals surface area contributed by atoms with Crippen LogP contribution in [0.3, 0.4) is 0 Å². The number of amides is 2. The summed E-state index contributed by atoms with van der Waals surface area (Å²) in [7, 11) is 0. The molecule has 1 saturated carbocycles. The van der Waals surface area contributed by atoms with E-state index >= 15 is 0 Å². The Hall–Kier alpha value is -1.51. The smallest absolute Gasteiger partial charge is 0.315 e. The van der Waals surface area contributed by atoms with E-state index in [1.54, 1.807) is 0 Å². The largest absolute Gasteiger partial charge is 0.335 e. The molecule has 16 heavy (non-hydrogen) atoms. The molecule has 0 aromatic heterocycles. The van der Waals surface area contributed by atoms with Crippen LogP contribution in [0.15, 0.2) is 30.3 Å². The van der Waals surface area contributed by atoms with Gasteiger partial charge in [0.25, 0.3) is 0 Å². The molecule has 1 aliphatic rings. The Kier molecular flexibility index (Phi) is 3.44. The molecule has 0 aliphatic heterocycles. The summed E-state index contributed by atoms with van der Waals surface area (Å²) in [6.07, 6.45) is 3.47. The lowest BCUT2D eigenvalue weighted by Crippen LogP contribution is -2.45. The molecule has 1 aliphatic carbocycles. The molecule has 2 amide bonds. The van der Waals surface area contributed by atoms with Gasteiger partial charge in [0.05, 0.1) is 6.04 Å². The quantitative estimate of drug-likeness (QED) is 0.804. The molecule has 0 radical (unpaired) electrons. The van der Waals surface area contributed by atoms with Crippen LogP contribution in [-0.2, 0) is 0 Å². The summed E-state index contributed by atoms with van der Waals surface area (Å²) in [5.41, 5.74) is 1.13. The van der Waals surface area contributed by atoms with Gasteiger partial charge < -0.3 is 10.6 Å². The van der Waals surface area contributed by atoms with Gasteiger partial charge >= 0.3 is 6.03 Å². The zero-order valence-corrected chi connectivity index (χ0v) is 9.57. The first kappa shape index (κ1) is 11.0. The highest BCUT2D eigenvalue weighted by Gasteiger charge is 2.20. The molecular formula is C13H18N2O. The Morgan fingerprint density at radius 3 is 2.56 bits per heavy atom. The van der Waals surface area contributed by atoms with E-state index in [0.717, 1.165) is 18.4 Å². The van der Waals surface area contributed by atoms with Crippen LogP contribution >= 0.6 is 0 Å². The van der Waals surface area contributed by atoms with E-state index < -0.39 is 0 Å². The average molecular weight is 218 g/mol. The minimum Gasteiger partial charge on any atom is -0.335 e. The molecule has 86 valence electrons. The van der Waals surface area contributed by atoms with Gasteiger partial charge in [0, 0.05) is 6.04 Å². The van der Waals surface area contributed by atoms with Gasteiger partial charge in [-0.1, -0.05) is 30.3 Å². The van der Waals surface area contributed by atoms with Crippen LogP contribution < -0.4 is 10.6 Å². The van der Waals surface area contributed by atoms with Crippen LogP contribution in [-0.4, -0.2) is 12.1 Å². The maximum atomic E-state index is 11.6. The molecule has 0 saturated heterocycles. The Labute approximate surface area is 96.2 Å². The fraction of sp³-hybridized carbons (Fsp3) is 0.462. The molecule has 0 spiro atoms. The van der Waals surface area contributed by atoms with Gasteiger partial charge in [0.1, 0.15) is 0 Å². The molecular weight excluding hydrogens is 200 g/mol. The highest BCUT2D eigenvalue weighted by atomic mass is 16.2. The Morgan fingerprint density at radius 1 is 1.31 bits per heavy atom. The summed E-state index contributed by atoms with van der Waals surface area (Å²) in [5.74, 6) is 0. The lowest BCUT2D eigenvalue weighted by molar-refractivity contribution is 0.225. The van der Waals surface area contributed by atoms with Gasteiger partial charge in [-0.15, -0.1) is 0 Å². The third kappa shape index (κ3) is 2.75. The number of urea groups is 1. The second-order valence-electron chi connectivity index (χ2n) is 4.38. The van der Waals surface area contributed by atoms with Crippen molar-refractivity contribution in [1.29, 1.82) is 0 Å². The molecule has 2 N–H and O–H groups in total. The topological polar surface area (TPSA) is 41.1 Å². The maximum absolute atomic E-state index is 11.6. The minimum absolute atomic E-state index is 0.0546. The summed E-state index contributed by atoms with van der Waals surface area (Å²) < 4.78 is 0. The predicted octanol–water partition coefficient (Wildman–Crippen LogP) is 2.60. The summed E-state index contributed by atoms with van der Waals surface area (Å²) in [6.45, 7) is 2.00. The van der Waals surface area contributed by atoms with E-state index in [1.165, 1.54) is 6.42 Å². The van der Waals surface area contributed by atoms with E-state index in [0.29, 0.717) is 6.04 Å². The molecule has 1 aromatic rings. The highest BCUT2D eigenvalue weighted by molar-refractivity contribution is 5.74. The first-order valence-electron chi connectivity index (χ1n) is 5.87. The number of hydrogen-bond acceptors (Lipinski definition) is 1. The second-order valence-corrected chi connectivity index (χ2v) is 4.38. The average Bonchev–Trinajstić information content (AvgIpc) is 2.25. The normalized spacial score (nSPS) is 17.3. The van der Waals surface area contributed by atoms with E-state index in [2.05, 4.69) is 10.6 Å². The van der Waals surface area contributed by atoms with Crippen molar-refractivity contribution in [3.63, 3.8) is 0 Å². The van der Waals surface area contributed by atoms with Crippen LogP contribution in [0.1, 0.15) is 37.8 Å². The summed E-state index contributed by atoms with van der Waals surface area (Å²) in [5, 5.41) is 5.91. The van der Waals surface area contributed by atoms with E-state index in [9.17, 15) is 4.79 Å². The third-order valence-corrected chi connectivity index (χ3v) is 3.09. The minimum atomic E-state index is -0.0546. The lowest BCUT2D eigenvalue weighted by atomic mass is 9.93. The van der Waals surface area contributed by atoms with E-state index in [-0.39, 0.29) is 12.1 Å². The number of carbonyl (C=O) groups is 1. The summed E-state index contributed by atoms with van der Waals surface area (Å²) in [6, 6.07) is 10.4. The van der Waals surface area contributed by atoms with Crippen molar-refractivity contribution in [2.24, 2.45) is 0 Å². The second kappa shape index (κ2) is 5.01. The highest BCUT2D eigenvalue weighted by Crippen LogP contribution is 2.18. The van der Waals surface area contributed by atoms with Crippen LogP contribution in [0.25, 0.3) is 0 Å². The molecule has 0 heterocycles. The molecule has 1 atom stereocenters. The van der Waals surface area contributed by atoms with Gasteiger partial charge in [-0.2, -0.15) is 0 Å². The lowest BCUT2D eigenvalue weighted by Gasteiger charge is -2.27. The number of carbonyl (C=O) groups excluding carboxylic acids is 1. The monoisotopic (exact) mass is 218 g/mol. The van der Waals surface area contributed by atoms with Crippen LogP contribution in [0.5, 0.6) is 0 Å². The Bertz CT molecular complexity index is 346. The number of rotatable bonds is 3. The van der Waals surface area contributed by atoms with Crippen molar-refractivity contribution in [3.8, 4) is 0 Å². The van der Waals surface area contributed by atoms with Crippen molar-refractivity contribution in [2.75, 3.05) is 0 Å². The maximum Gasteiger partial charge on any atom is 0.315 e. The molecule has 3 heteroatoms. The molecule has 1 unspecified atom stereocenters. The van der Waals surface area contributed by atoms with Crippen molar-refractivity contribution in [2.45, 2.75) is 38.3 Å². The van der Waals surface area contributed by atoms with Crippen molar-refractivity contribution >= 4 is 6.03 Å². The van der Waals surface area contributed by atoms with Crippen LogP contribution in [0, 0.1) is 0 Å². The zero-order valence-electron chi connectivity index (χ0n) is 9.57. The number of nitrogens with one attached hydrogen (secondary N) is 2. The Morgan fingerprint density at radius 2 is 2.00 bits per heavy atom. The van der Waals surface area contributed by atoms with Gasteiger partial charge in [-0.25, -0.2) is 4.79 Å². The van der Waals surface area contributed by atoms with E-state index in [1.807, 2.05) is 37.3 Å². The van der Waals surface area contributed by atoms with Crippen molar-refractivity contribution < 1.29 is 4.79 Å². The van der Waals surface area contributed by atoms with Gasteiger partial charge in [-0.3, -0.25) is 0 Å². The Balaban J connectivity index is 1.82. The SMILES string of the molecule is CC(NC(=O)NC1CCC1)c1ccccc1.